The first kappa shape index (κ1) is 16.1. The van der Waals surface area contributed by atoms with Gasteiger partial charge in [-0.2, -0.15) is 0 Å². The monoisotopic (exact) mass is 286 g/mol. The molecule has 1 nitrogen and oxygen atoms in total. The smallest absolute Gasteiger partial charge is 0.130 e. The lowest BCUT2D eigenvalue weighted by molar-refractivity contribution is 0.419. The molecule has 1 aromatic carbocycles. The van der Waals surface area contributed by atoms with Crippen LogP contribution in [0.3, 0.4) is 0 Å². The fourth-order valence-electron chi connectivity index (χ4n) is 3.08. The fourth-order valence-corrected chi connectivity index (χ4v) is 3.08. The molecule has 1 aliphatic rings. The fraction of sp³-hybridized carbons (Fsp3) is 0.600. The van der Waals surface area contributed by atoms with E-state index in [-0.39, 0.29) is 10.8 Å². The molecule has 0 bridgehead atoms. The van der Waals surface area contributed by atoms with Gasteiger partial charge in [0.15, 0.2) is 0 Å². The van der Waals surface area contributed by atoms with Crippen LogP contribution >= 0.6 is 0 Å². The molecule has 0 atom stereocenters. The van der Waals surface area contributed by atoms with E-state index in [1.165, 1.54) is 43.2 Å². The summed E-state index contributed by atoms with van der Waals surface area (Å²) in [6.45, 7) is 11.4. The summed E-state index contributed by atoms with van der Waals surface area (Å²) in [5.74, 6) is 1.03. The van der Waals surface area contributed by atoms with Gasteiger partial charge in [-0.15, -0.1) is 0 Å². The molecule has 2 rings (SSSR count). The van der Waals surface area contributed by atoms with Crippen molar-refractivity contribution in [2.45, 2.75) is 77.6 Å². The van der Waals surface area contributed by atoms with Gasteiger partial charge in [0.2, 0.25) is 0 Å². The Morgan fingerprint density at radius 3 is 2.57 bits per heavy atom. The maximum absolute atomic E-state index is 5.76. The van der Waals surface area contributed by atoms with Crippen molar-refractivity contribution < 1.29 is 4.74 Å². The van der Waals surface area contributed by atoms with Gasteiger partial charge in [-0.05, 0) is 29.5 Å². The van der Waals surface area contributed by atoms with Crippen LogP contribution < -0.4 is 4.74 Å². The standard InChI is InChI=1S/C20H30O/c1-6-7-8-9-12-19(2,3)16-10-11-17-18(15-16)21-14-13-20(17,4)5/h10-11,13-15H,6-9,12H2,1-5H3. The second kappa shape index (κ2) is 6.25. The summed E-state index contributed by atoms with van der Waals surface area (Å²) in [6.07, 6.45) is 10.5. The molecule has 116 valence electrons. The summed E-state index contributed by atoms with van der Waals surface area (Å²) in [5, 5.41) is 0. The molecular weight excluding hydrogens is 256 g/mol. The molecule has 0 aliphatic carbocycles. The van der Waals surface area contributed by atoms with Gasteiger partial charge in [0.05, 0.1) is 6.26 Å². The third kappa shape index (κ3) is 3.70. The van der Waals surface area contributed by atoms with Gasteiger partial charge in [0.25, 0.3) is 0 Å². The van der Waals surface area contributed by atoms with Crippen LogP contribution in [0, 0.1) is 0 Å². The zero-order valence-corrected chi connectivity index (χ0v) is 14.3. The molecule has 0 amide bonds. The maximum atomic E-state index is 5.76. The van der Waals surface area contributed by atoms with Crippen molar-refractivity contribution in [2.24, 2.45) is 0 Å². The highest BCUT2D eigenvalue weighted by Gasteiger charge is 2.27. The van der Waals surface area contributed by atoms with Crippen LogP contribution in [-0.2, 0) is 10.8 Å². The van der Waals surface area contributed by atoms with Gasteiger partial charge in [0, 0.05) is 11.0 Å². The summed E-state index contributed by atoms with van der Waals surface area (Å²) in [6, 6.07) is 6.80. The largest absolute Gasteiger partial charge is 0.465 e. The molecule has 1 aromatic rings. The number of hydrogen-bond acceptors (Lipinski definition) is 1. The average Bonchev–Trinajstić information content (AvgIpc) is 2.43. The van der Waals surface area contributed by atoms with E-state index in [0.717, 1.165) is 5.75 Å². The van der Waals surface area contributed by atoms with E-state index in [0.29, 0.717) is 0 Å². The third-order valence-corrected chi connectivity index (χ3v) is 4.79. The highest BCUT2D eigenvalue weighted by Crippen LogP contribution is 2.40. The van der Waals surface area contributed by atoms with Crippen LogP contribution in [-0.4, -0.2) is 0 Å². The summed E-state index contributed by atoms with van der Waals surface area (Å²) in [7, 11) is 0. The highest BCUT2D eigenvalue weighted by atomic mass is 16.5. The Kier molecular flexibility index (Phi) is 4.81. The van der Waals surface area contributed by atoms with E-state index in [1.807, 2.05) is 6.26 Å². The van der Waals surface area contributed by atoms with Gasteiger partial charge in [-0.3, -0.25) is 0 Å². The first-order chi connectivity index (χ1) is 9.87. The second-order valence-electron chi connectivity index (χ2n) is 7.55. The van der Waals surface area contributed by atoms with Crippen LogP contribution in [0.15, 0.2) is 30.5 Å². The molecule has 0 saturated heterocycles. The van der Waals surface area contributed by atoms with Gasteiger partial charge in [-0.1, -0.05) is 72.4 Å². The molecule has 0 fully saturated rings. The van der Waals surface area contributed by atoms with E-state index >= 15 is 0 Å². The molecule has 1 heterocycles. The zero-order valence-electron chi connectivity index (χ0n) is 14.3. The van der Waals surface area contributed by atoms with Gasteiger partial charge >= 0.3 is 0 Å². The summed E-state index contributed by atoms with van der Waals surface area (Å²) in [4.78, 5) is 0. The van der Waals surface area contributed by atoms with E-state index in [2.05, 4.69) is 58.9 Å². The summed E-state index contributed by atoms with van der Waals surface area (Å²) < 4.78 is 5.76. The number of benzene rings is 1. The van der Waals surface area contributed by atoms with Crippen molar-refractivity contribution in [1.29, 1.82) is 0 Å². The number of allylic oxidation sites excluding steroid dienone is 1. The van der Waals surface area contributed by atoms with Crippen LogP contribution in [0.25, 0.3) is 0 Å². The number of ether oxygens (including phenoxy) is 1. The van der Waals surface area contributed by atoms with E-state index in [9.17, 15) is 0 Å². The predicted molar refractivity (Wildman–Crippen MR) is 91.0 cm³/mol. The zero-order chi connectivity index (χ0) is 15.5. The van der Waals surface area contributed by atoms with Crippen molar-refractivity contribution in [3.8, 4) is 5.75 Å². The quantitative estimate of drug-likeness (QED) is 0.572. The predicted octanol–water partition coefficient (Wildman–Crippen LogP) is 6.12. The topological polar surface area (TPSA) is 9.23 Å². The lowest BCUT2D eigenvalue weighted by Gasteiger charge is -2.31. The van der Waals surface area contributed by atoms with E-state index in [1.54, 1.807) is 0 Å². The Morgan fingerprint density at radius 2 is 1.86 bits per heavy atom. The number of hydrogen-bond donors (Lipinski definition) is 0. The molecule has 0 spiro atoms. The summed E-state index contributed by atoms with van der Waals surface area (Å²) >= 11 is 0. The molecule has 21 heavy (non-hydrogen) atoms. The number of rotatable bonds is 6. The van der Waals surface area contributed by atoms with Crippen molar-refractivity contribution in [3.05, 3.63) is 41.7 Å². The minimum absolute atomic E-state index is 0.0668. The Labute approximate surface area is 130 Å². The van der Waals surface area contributed by atoms with Crippen molar-refractivity contribution in [2.75, 3.05) is 0 Å². The maximum Gasteiger partial charge on any atom is 0.130 e. The van der Waals surface area contributed by atoms with Crippen LogP contribution in [0.4, 0.5) is 0 Å². The highest BCUT2D eigenvalue weighted by molar-refractivity contribution is 5.48. The second-order valence-corrected chi connectivity index (χ2v) is 7.55. The van der Waals surface area contributed by atoms with Gasteiger partial charge in [0.1, 0.15) is 5.75 Å². The van der Waals surface area contributed by atoms with E-state index in [4.69, 9.17) is 4.74 Å². The van der Waals surface area contributed by atoms with Crippen molar-refractivity contribution in [3.63, 3.8) is 0 Å². The first-order valence-electron chi connectivity index (χ1n) is 8.36. The van der Waals surface area contributed by atoms with Crippen molar-refractivity contribution in [1.82, 2.24) is 0 Å². The molecular formula is C20H30O. The molecule has 0 unspecified atom stereocenters. The summed E-state index contributed by atoms with van der Waals surface area (Å²) in [5.41, 5.74) is 2.97. The van der Waals surface area contributed by atoms with Crippen LogP contribution in [0.5, 0.6) is 5.75 Å². The van der Waals surface area contributed by atoms with E-state index < -0.39 is 0 Å². The van der Waals surface area contributed by atoms with Crippen LogP contribution in [0.1, 0.15) is 77.8 Å². The van der Waals surface area contributed by atoms with Gasteiger partial charge < -0.3 is 4.74 Å². The van der Waals surface area contributed by atoms with Gasteiger partial charge in [-0.25, -0.2) is 0 Å². The van der Waals surface area contributed by atoms with Crippen LogP contribution in [0.2, 0.25) is 0 Å². The Morgan fingerprint density at radius 1 is 1.10 bits per heavy atom. The minimum atomic E-state index is 0.0668. The lowest BCUT2D eigenvalue weighted by Crippen LogP contribution is -2.21. The third-order valence-electron chi connectivity index (χ3n) is 4.79. The molecule has 1 heteroatoms. The van der Waals surface area contributed by atoms with Crippen molar-refractivity contribution >= 4 is 0 Å². The SMILES string of the molecule is CCCCCCC(C)(C)c1ccc2c(c1)OC=CC2(C)C. The first-order valence-corrected chi connectivity index (χ1v) is 8.36. The number of fused-ring (bicyclic) bond motifs is 1. The Bertz CT molecular complexity index is 509. The molecule has 0 aromatic heterocycles. The average molecular weight is 286 g/mol. The molecule has 1 aliphatic heterocycles. The Hall–Kier alpha value is -1.24. The number of unbranched alkanes of at least 4 members (excludes halogenated alkanes) is 3. The normalized spacial score (nSPS) is 16.4. The molecule has 0 saturated carbocycles. The minimum Gasteiger partial charge on any atom is -0.465 e. The molecule has 0 N–H and O–H groups in total. The molecule has 0 radical (unpaired) electrons. The lowest BCUT2D eigenvalue weighted by atomic mass is 9.77. The Balaban J connectivity index is 2.15.